The molecule has 15 aromatic rings. The first-order chi connectivity index (χ1) is 56.1. The Hall–Kier alpha value is -15.4. The second kappa shape index (κ2) is 33.7. The number of Topliss-reactive ketones (excluding diaryl/α,β-unsaturated/α-hetero) is 1. The summed E-state index contributed by atoms with van der Waals surface area (Å²) in [6.07, 6.45) is 7.43. The number of nitriles is 3. The molecule has 3 N–H and O–H groups in total. The fourth-order valence-electron chi connectivity index (χ4n) is 13.6. The number of anilines is 6. The summed E-state index contributed by atoms with van der Waals surface area (Å²) in [5.74, 6) is 4.10. The zero-order valence-corrected chi connectivity index (χ0v) is 65.5. The number of fused-ring (bicyclic) bond motifs is 3. The van der Waals surface area contributed by atoms with Crippen LogP contribution in [0.25, 0.3) is 66.7 Å². The van der Waals surface area contributed by atoms with Gasteiger partial charge in [-0.15, -0.1) is 0 Å². The van der Waals surface area contributed by atoms with E-state index in [0.29, 0.717) is 97.1 Å². The number of aryl methyl sites for hydroxylation is 9. The van der Waals surface area contributed by atoms with Crippen molar-refractivity contribution in [2.24, 2.45) is 21.1 Å². The van der Waals surface area contributed by atoms with Gasteiger partial charge in [-0.05, 0) is 268 Å². The maximum absolute atomic E-state index is 12.8. The van der Waals surface area contributed by atoms with Crippen LogP contribution in [0.1, 0.15) is 101 Å². The topological polar surface area (TPSA) is 317 Å². The van der Waals surface area contributed by atoms with Gasteiger partial charge in [0.1, 0.15) is 22.8 Å². The van der Waals surface area contributed by atoms with Crippen molar-refractivity contribution in [3.63, 3.8) is 0 Å². The van der Waals surface area contributed by atoms with E-state index >= 15 is 0 Å². The monoisotopic (exact) mass is 1530 g/mol. The number of ether oxygens (including phenoxy) is 4. The molecule has 0 spiro atoms. The van der Waals surface area contributed by atoms with Gasteiger partial charge in [-0.1, -0.05) is 48.5 Å². The lowest BCUT2D eigenvalue weighted by Crippen LogP contribution is -2.27. The summed E-state index contributed by atoms with van der Waals surface area (Å²) in [7, 11) is 7.02. The first-order valence-corrected chi connectivity index (χ1v) is 37.2. The van der Waals surface area contributed by atoms with Gasteiger partial charge in [0.25, 0.3) is 17.7 Å². The number of aromatic nitrogens is 11. The average molecular weight is 1540 g/mol. The zero-order chi connectivity index (χ0) is 81.4. The van der Waals surface area contributed by atoms with Crippen molar-refractivity contribution in [3.05, 3.63) is 274 Å². The first kappa shape index (κ1) is 77.3. The SMILES string of the molecule is CC(=O)c1ccc(-c2cc(C)c(Oc3nc(Nc4ccc(C#N)cc4)nc4c3ncn4C)c(C)c2)cc1.COC(=O)c1ccc(-c2cc(C)c(Oc3nc(Nc4ccc(C#N)cc4)nc4c3ncn4C)c(C)c2)cc1.Cc1cc(-c2ccc(C(=O)N3CCCC3)cc2)cc(C)c1Oc1nc(Nc2ccc(C#N)cc2)nc2ccn(C)c12. The lowest BCUT2D eigenvalue weighted by molar-refractivity contribution is 0.0600. The second-order valence-corrected chi connectivity index (χ2v) is 28.1. The minimum Gasteiger partial charge on any atom is -0.465 e. The summed E-state index contributed by atoms with van der Waals surface area (Å²) in [6, 6.07) is 64.6. The van der Waals surface area contributed by atoms with Crippen LogP contribution in [0, 0.1) is 75.5 Å². The van der Waals surface area contributed by atoms with Crippen LogP contribution in [0.2, 0.25) is 0 Å². The average Bonchev–Trinajstić information content (AvgIpc) is 1.48. The number of ketones is 1. The van der Waals surface area contributed by atoms with Crippen LogP contribution in [0.3, 0.4) is 0 Å². The Labute approximate surface area is 668 Å². The molecule has 0 radical (unpaired) electrons. The summed E-state index contributed by atoms with van der Waals surface area (Å²) in [6.45, 7) is 15.2. The number of imidazole rings is 2. The largest absolute Gasteiger partial charge is 0.465 e. The van der Waals surface area contributed by atoms with Gasteiger partial charge in [0, 0.05) is 68.6 Å². The van der Waals surface area contributed by atoms with Crippen molar-refractivity contribution in [1.29, 1.82) is 15.8 Å². The van der Waals surface area contributed by atoms with E-state index in [0.717, 1.165) is 132 Å². The molecule has 25 heteroatoms. The molecule has 7 heterocycles. The molecule has 1 amide bonds. The zero-order valence-electron chi connectivity index (χ0n) is 65.5. The third-order valence-electron chi connectivity index (χ3n) is 19.7. The molecule has 574 valence electrons. The van der Waals surface area contributed by atoms with Crippen molar-refractivity contribution < 1.29 is 33.3 Å². The van der Waals surface area contributed by atoms with E-state index in [1.54, 1.807) is 102 Å². The molecule has 9 aromatic carbocycles. The van der Waals surface area contributed by atoms with E-state index in [1.165, 1.54) is 7.11 Å². The predicted octanol–water partition coefficient (Wildman–Crippen LogP) is 19.0. The van der Waals surface area contributed by atoms with Crippen molar-refractivity contribution in [2.75, 3.05) is 36.1 Å². The molecule has 1 aliphatic heterocycles. The highest BCUT2D eigenvalue weighted by Gasteiger charge is 2.24. The molecule has 0 aliphatic carbocycles. The number of likely N-dealkylation sites (tertiary alicyclic amines) is 1. The smallest absolute Gasteiger partial charge is 0.337 e. The number of nitrogens with zero attached hydrogens (tertiary/aromatic N) is 15. The maximum atomic E-state index is 12.8. The summed E-state index contributed by atoms with van der Waals surface area (Å²) in [4.78, 5) is 74.8. The van der Waals surface area contributed by atoms with Gasteiger partial charge >= 0.3 is 5.97 Å². The summed E-state index contributed by atoms with van der Waals surface area (Å²) in [5.41, 5.74) is 21.6. The summed E-state index contributed by atoms with van der Waals surface area (Å²) < 4.78 is 29.6. The van der Waals surface area contributed by atoms with Crippen LogP contribution in [0.5, 0.6) is 34.9 Å². The van der Waals surface area contributed by atoms with Gasteiger partial charge < -0.3 is 53.5 Å². The van der Waals surface area contributed by atoms with E-state index in [2.05, 4.69) is 93.3 Å². The third kappa shape index (κ3) is 17.1. The standard InChI is InChI=1S/C33H30N6O2.C29H24N6O3.C29H24N6O2/c1-21-18-26(24-8-10-25(11-9-24)32(40)39-15-4-5-16-39)19-22(2)30(21)41-31-29-28(14-17-38(29)3)36-33(37-31)35-27-12-6-23(20-34)7-13-27;1-17-13-22(20-7-9-21(10-8-20)28(36)37-4)14-18(2)25(17)38-27-24-26(35(3)16-31-24)33-29(34-27)32-23-11-5-19(15-30)6-12-23;1-17-13-23(22-9-7-21(8-10-22)19(3)36)14-18(2)26(17)37-28-25-27(35(4)16-31-25)33-29(34-28)32-24-11-5-20(15-30)6-12-24/h6-14,17-19H,4-5,15-16H2,1-3H3,(H,35,36,37);5-14,16H,1-4H3,(H,32,33,34);5-14,16H,1-4H3,(H,32,33,34). The molecular formula is C91H78N18O7. The third-order valence-corrected chi connectivity index (χ3v) is 19.7. The van der Waals surface area contributed by atoms with E-state index in [1.807, 2.05) is 169 Å². The molecular weight excluding hydrogens is 1460 g/mol. The lowest BCUT2D eigenvalue weighted by atomic mass is 9.98. The van der Waals surface area contributed by atoms with Crippen molar-refractivity contribution >= 4 is 85.9 Å². The van der Waals surface area contributed by atoms with Crippen molar-refractivity contribution in [1.82, 2.24) is 58.5 Å². The minimum absolute atomic E-state index is 0.0430. The molecule has 0 saturated carbocycles. The number of benzene rings is 9. The highest BCUT2D eigenvalue weighted by molar-refractivity contribution is 5.96. The number of carbonyl (C=O) groups is 3. The molecule has 25 nitrogen and oxygen atoms in total. The molecule has 0 unspecified atom stereocenters. The fraction of sp³-hybridized carbons (Fsp3) is 0.165. The Morgan fingerprint density at radius 2 is 0.750 bits per heavy atom. The molecule has 0 atom stereocenters. The van der Waals surface area contributed by atoms with Crippen LogP contribution < -0.4 is 30.2 Å². The van der Waals surface area contributed by atoms with Gasteiger partial charge in [0.15, 0.2) is 28.1 Å². The van der Waals surface area contributed by atoms with Gasteiger partial charge in [0.05, 0.1) is 65.7 Å². The fourth-order valence-corrected chi connectivity index (χ4v) is 13.6. The van der Waals surface area contributed by atoms with Gasteiger partial charge in [-0.3, -0.25) is 9.59 Å². The second-order valence-electron chi connectivity index (χ2n) is 28.1. The van der Waals surface area contributed by atoms with E-state index in [4.69, 9.17) is 39.7 Å². The quantitative estimate of drug-likeness (QED) is 0.0531. The Kier molecular flexibility index (Phi) is 22.4. The molecule has 1 aliphatic rings. The normalized spacial score (nSPS) is 11.5. The molecule has 0 bridgehead atoms. The number of methoxy groups -OCH3 is 1. The maximum Gasteiger partial charge on any atom is 0.337 e. The highest BCUT2D eigenvalue weighted by atomic mass is 16.5. The van der Waals surface area contributed by atoms with Gasteiger partial charge in [0.2, 0.25) is 23.7 Å². The Morgan fingerprint density at radius 3 is 1.11 bits per heavy atom. The number of esters is 1. The number of hydrogen-bond acceptors (Lipinski definition) is 21. The van der Waals surface area contributed by atoms with Gasteiger partial charge in [-0.25, -0.2) is 19.7 Å². The molecule has 1 fully saturated rings. The predicted molar refractivity (Wildman–Crippen MR) is 445 cm³/mol. The molecule has 16 rings (SSSR count). The van der Waals surface area contributed by atoms with Gasteiger partial charge in [-0.2, -0.15) is 40.7 Å². The van der Waals surface area contributed by atoms with E-state index < -0.39 is 0 Å². The molecule has 6 aromatic heterocycles. The van der Waals surface area contributed by atoms with Crippen LogP contribution in [0.4, 0.5) is 34.9 Å². The molecule has 1 saturated heterocycles. The minimum atomic E-state index is -0.369. The number of amides is 1. The van der Waals surface area contributed by atoms with Crippen LogP contribution in [-0.4, -0.2) is 96.3 Å². The highest BCUT2D eigenvalue weighted by Crippen LogP contribution is 2.40. The van der Waals surface area contributed by atoms with Crippen LogP contribution in [0.15, 0.2) is 207 Å². The molecule has 116 heavy (non-hydrogen) atoms. The Bertz CT molecular complexity index is 6340. The van der Waals surface area contributed by atoms with Crippen molar-refractivity contribution in [2.45, 2.75) is 61.3 Å². The number of hydrogen-bond donors (Lipinski definition) is 3. The van der Waals surface area contributed by atoms with E-state index in [9.17, 15) is 14.4 Å². The number of carbonyl (C=O) groups excluding carboxylic acids is 3. The number of rotatable bonds is 18. The van der Waals surface area contributed by atoms with Crippen molar-refractivity contribution in [3.8, 4) is 86.5 Å². The van der Waals surface area contributed by atoms with Crippen LogP contribution >= 0.6 is 0 Å². The number of nitrogens with one attached hydrogen (secondary N) is 3. The summed E-state index contributed by atoms with van der Waals surface area (Å²) >= 11 is 0. The Morgan fingerprint density at radius 1 is 0.405 bits per heavy atom. The lowest BCUT2D eigenvalue weighted by Gasteiger charge is -2.16. The Balaban J connectivity index is 0.000000144. The summed E-state index contributed by atoms with van der Waals surface area (Å²) in [5, 5.41) is 36.8. The van der Waals surface area contributed by atoms with E-state index in [-0.39, 0.29) is 17.7 Å². The van der Waals surface area contributed by atoms with Crippen LogP contribution in [-0.2, 0) is 25.9 Å². The first-order valence-electron chi connectivity index (χ1n) is 37.2.